The summed E-state index contributed by atoms with van der Waals surface area (Å²) in [5.41, 5.74) is 0.797. The molecule has 0 radical (unpaired) electrons. The lowest BCUT2D eigenvalue weighted by atomic mass is 10.1. The van der Waals surface area contributed by atoms with E-state index in [4.69, 9.17) is 19.0 Å². The molecule has 0 aliphatic rings. The third kappa shape index (κ3) is 2.29. The Morgan fingerprint density at radius 2 is 1.72 bits per heavy atom. The van der Waals surface area contributed by atoms with Gasteiger partial charge in [0.15, 0.2) is 0 Å². The molecular weight excluding hydrogens is 236 g/mol. The number of carboxylic acid groups (broad SMARTS) is 1. The van der Waals surface area contributed by atoms with E-state index in [0.29, 0.717) is 22.8 Å². The number of aromatic carboxylic acids is 1. The number of ether oxygens (including phenoxy) is 2. The highest BCUT2D eigenvalue weighted by atomic mass is 16.5. The van der Waals surface area contributed by atoms with Crippen molar-refractivity contribution in [1.29, 1.82) is 0 Å². The number of benzene rings is 1. The van der Waals surface area contributed by atoms with Crippen molar-refractivity contribution >= 4 is 5.97 Å². The Labute approximate surface area is 104 Å². The molecule has 0 aliphatic heterocycles. The topological polar surface area (TPSA) is 68.9 Å². The van der Waals surface area contributed by atoms with E-state index in [1.165, 1.54) is 12.3 Å². The summed E-state index contributed by atoms with van der Waals surface area (Å²) < 4.78 is 15.5. The Bertz CT molecular complexity index is 548. The predicted octanol–water partition coefficient (Wildman–Crippen LogP) is 2.66. The normalized spacial score (nSPS) is 10.1. The van der Waals surface area contributed by atoms with Gasteiger partial charge in [0.25, 0.3) is 0 Å². The molecule has 5 heteroatoms. The average molecular weight is 248 g/mol. The molecule has 1 heterocycles. The quantitative estimate of drug-likeness (QED) is 0.900. The van der Waals surface area contributed by atoms with E-state index in [2.05, 4.69) is 0 Å². The molecule has 0 fully saturated rings. The van der Waals surface area contributed by atoms with E-state index >= 15 is 0 Å². The molecule has 1 N–H and O–H groups in total. The van der Waals surface area contributed by atoms with Gasteiger partial charge in [-0.1, -0.05) is 0 Å². The summed E-state index contributed by atoms with van der Waals surface area (Å²) in [6, 6.07) is 6.67. The predicted molar refractivity (Wildman–Crippen MR) is 64.2 cm³/mol. The van der Waals surface area contributed by atoms with E-state index in [9.17, 15) is 4.79 Å². The number of furan rings is 1. The van der Waals surface area contributed by atoms with Crippen molar-refractivity contribution in [2.45, 2.75) is 0 Å². The van der Waals surface area contributed by atoms with Crippen molar-refractivity contribution in [2.75, 3.05) is 14.2 Å². The molecule has 0 spiro atoms. The van der Waals surface area contributed by atoms with Crippen LogP contribution < -0.4 is 9.47 Å². The minimum absolute atomic E-state index is 0.104. The summed E-state index contributed by atoms with van der Waals surface area (Å²) in [4.78, 5) is 10.8. The maximum atomic E-state index is 10.8. The highest BCUT2D eigenvalue weighted by Crippen LogP contribution is 2.30. The van der Waals surface area contributed by atoms with E-state index < -0.39 is 5.97 Å². The first kappa shape index (κ1) is 12.0. The summed E-state index contributed by atoms with van der Waals surface area (Å²) >= 11 is 0. The first-order valence-corrected chi connectivity index (χ1v) is 5.19. The molecular formula is C13H12O5. The van der Waals surface area contributed by atoms with Crippen LogP contribution in [0, 0.1) is 0 Å². The second-order valence-corrected chi connectivity index (χ2v) is 3.61. The zero-order valence-corrected chi connectivity index (χ0v) is 9.97. The van der Waals surface area contributed by atoms with Crippen LogP contribution in [-0.4, -0.2) is 25.3 Å². The zero-order chi connectivity index (χ0) is 13.1. The Balaban J connectivity index is 2.45. The summed E-state index contributed by atoms with van der Waals surface area (Å²) in [6.45, 7) is 0. The van der Waals surface area contributed by atoms with Gasteiger partial charge in [0, 0.05) is 11.6 Å². The van der Waals surface area contributed by atoms with Gasteiger partial charge in [-0.05, 0) is 18.2 Å². The first-order chi connectivity index (χ1) is 8.63. The maximum Gasteiger partial charge on any atom is 0.338 e. The highest BCUT2D eigenvalue weighted by molar-refractivity contribution is 5.88. The van der Waals surface area contributed by atoms with Crippen LogP contribution in [0.15, 0.2) is 34.9 Å². The van der Waals surface area contributed by atoms with Gasteiger partial charge in [0.2, 0.25) is 0 Å². The smallest absolute Gasteiger partial charge is 0.338 e. The molecule has 1 aromatic heterocycles. The van der Waals surface area contributed by atoms with Crippen molar-refractivity contribution in [1.82, 2.24) is 0 Å². The number of methoxy groups -OCH3 is 2. The molecule has 1 aromatic carbocycles. The zero-order valence-electron chi connectivity index (χ0n) is 9.97. The van der Waals surface area contributed by atoms with Crippen molar-refractivity contribution in [2.24, 2.45) is 0 Å². The van der Waals surface area contributed by atoms with Crippen molar-refractivity contribution < 1.29 is 23.8 Å². The van der Waals surface area contributed by atoms with Crippen LogP contribution in [0.2, 0.25) is 0 Å². The fraction of sp³-hybridized carbons (Fsp3) is 0.154. The second kappa shape index (κ2) is 4.83. The first-order valence-electron chi connectivity index (χ1n) is 5.19. The summed E-state index contributed by atoms with van der Waals surface area (Å²) in [7, 11) is 3.09. The number of carbonyl (C=O) groups is 1. The number of rotatable bonds is 4. The van der Waals surface area contributed by atoms with Crippen LogP contribution in [-0.2, 0) is 0 Å². The molecule has 94 valence electrons. The standard InChI is InChI=1S/C13H12O5/c1-16-10-3-8(4-11(6-10)17-2)12-5-9(7-18-12)13(14)15/h3-7H,1-2H3,(H,14,15). The van der Waals surface area contributed by atoms with Crippen molar-refractivity contribution in [3.63, 3.8) is 0 Å². The van der Waals surface area contributed by atoms with E-state index in [1.807, 2.05) is 0 Å². The van der Waals surface area contributed by atoms with E-state index in [-0.39, 0.29) is 5.56 Å². The van der Waals surface area contributed by atoms with E-state index in [1.54, 1.807) is 32.4 Å². The van der Waals surface area contributed by atoms with Gasteiger partial charge >= 0.3 is 5.97 Å². The lowest BCUT2D eigenvalue weighted by Gasteiger charge is -2.06. The number of carboxylic acids is 1. The van der Waals surface area contributed by atoms with E-state index in [0.717, 1.165) is 0 Å². The number of hydrogen-bond acceptors (Lipinski definition) is 4. The Kier molecular flexibility index (Phi) is 3.23. The molecule has 0 aliphatic carbocycles. The van der Waals surface area contributed by atoms with Gasteiger partial charge < -0.3 is 19.0 Å². The highest BCUT2D eigenvalue weighted by Gasteiger charge is 2.11. The van der Waals surface area contributed by atoms with Crippen LogP contribution in [0.1, 0.15) is 10.4 Å². The number of hydrogen-bond donors (Lipinski definition) is 1. The van der Waals surface area contributed by atoms with Crippen LogP contribution in [0.5, 0.6) is 11.5 Å². The third-order valence-electron chi connectivity index (χ3n) is 2.48. The lowest BCUT2D eigenvalue weighted by molar-refractivity contribution is 0.0696. The third-order valence-corrected chi connectivity index (χ3v) is 2.48. The fourth-order valence-electron chi connectivity index (χ4n) is 1.55. The fourth-order valence-corrected chi connectivity index (χ4v) is 1.55. The van der Waals surface area contributed by atoms with Crippen LogP contribution in [0.3, 0.4) is 0 Å². The molecule has 5 nitrogen and oxygen atoms in total. The van der Waals surface area contributed by atoms with Crippen molar-refractivity contribution in [3.05, 3.63) is 36.1 Å². The Morgan fingerprint density at radius 3 is 2.17 bits per heavy atom. The van der Waals surface area contributed by atoms with Gasteiger partial charge in [0.1, 0.15) is 23.5 Å². The molecule has 0 bridgehead atoms. The van der Waals surface area contributed by atoms with Crippen LogP contribution in [0.4, 0.5) is 0 Å². The lowest BCUT2D eigenvalue weighted by Crippen LogP contribution is -1.91. The van der Waals surface area contributed by atoms with Gasteiger partial charge in [-0.25, -0.2) is 4.79 Å². The summed E-state index contributed by atoms with van der Waals surface area (Å²) in [5, 5.41) is 8.84. The Morgan fingerprint density at radius 1 is 1.11 bits per heavy atom. The van der Waals surface area contributed by atoms with Gasteiger partial charge in [-0.2, -0.15) is 0 Å². The molecule has 2 aromatic rings. The molecule has 18 heavy (non-hydrogen) atoms. The monoisotopic (exact) mass is 248 g/mol. The minimum Gasteiger partial charge on any atom is -0.497 e. The summed E-state index contributed by atoms with van der Waals surface area (Å²) in [6.07, 6.45) is 1.20. The minimum atomic E-state index is -1.03. The summed E-state index contributed by atoms with van der Waals surface area (Å²) in [5.74, 6) is 0.639. The largest absolute Gasteiger partial charge is 0.497 e. The van der Waals surface area contributed by atoms with Crippen LogP contribution >= 0.6 is 0 Å². The maximum absolute atomic E-state index is 10.8. The molecule has 0 atom stereocenters. The molecule has 2 rings (SSSR count). The average Bonchev–Trinajstić information content (AvgIpc) is 2.87. The second-order valence-electron chi connectivity index (χ2n) is 3.61. The molecule has 0 unspecified atom stereocenters. The molecule has 0 saturated heterocycles. The van der Waals surface area contributed by atoms with Crippen LogP contribution in [0.25, 0.3) is 11.3 Å². The van der Waals surface area contributed by atoms with Gasteiger partial charge in [-0.15, -0.1) is 0 Å². The molecule has 0 saturated carbocycles. The van der Waals surface area contributed by atoms with Gasteiger partial charge in [0.05, 0.1) is 19.8 Å². The van der Waals surface area contributed by atoms with Gasteiger partial charge in [-0.3, -0.25) is 0 Å². The molecule has 0 amide bonds. The SMILES string of the molecule is COc1cc(OC)cc(-c2cc(C(=O)O)co2)c1. The van der Waals surface area contributed by atoms with Crippen molar-refractivity contribution in [3.8, 4) is 22.8 Å². The Hall–Kier alpha value is -2.43.